The fourth-order valence-corrected chi connectivity index (χ4v) is 3.81. The van der Waals surface area contributed by atoms with Crippen molar-refractivity contribution in [2.75, 3.05) is 27.9 Å². The molecule has 0 radical (unpaired) electrons. The van der Waals surface area contributed by atoms with Gasteiger partial charge in [0.2, 0.25) is 11.8 Å². The monoisotopic (exact) mass is 395 g/mol. The molecule has 152 valence electrons. The van der Waals surface area contributed by atoms with E-state index < -0.39 is 0 Å². The van der Waals surface area contributed by atoms with Crippen LogP contribution < -0.4 is 14.2 Å². The van der Waals surface area contributed by atoms with Crippen LogP contribution in [0.2, 0.25) is 0 Å². The van der Waals surface area contributed by atoms with Gasteiger partial charge in [0.25, 0.3) is 0 Å². The minimum Gasteiger partial charge on any atom is -0.497 e. The molecule has 7 heteroatoms. The topological polar surface area (TPSA) is 69.9 Å². The number of benzene rings is 2. The maximum Gasteiger partial charge on any atom is 0.247 e. The van der Waals surface area contributed by atoms with Crippen molar-refractivity contribution >= 4 is 0 Å². The summed E-state index contributed by atoms with van der Waals surface area (Å²) in [5.74, 6) is 3.60. The third-order valence-corrected chi connectivity index (χ3v) is 5.30. The lowest BCUT2D eigenvalue weighted by atomic mass is 10.0. The van der Waals surface area contributed by atoms with Crippen LogP contribution in [0.4, 0.5) is 0 Å². The number of nitrogens with zero attached hydrogens (tertiary/aromatic N) is 3. The quantitative estimate of drug-likeness (QED) is 0.596. The SMILES string of the molecule is COc1ccc(-c2nnc(CN3CCCC3c3cc(OC)ccc3OC)o2)cc1. The van der Waals surface area contributed by atoms with Crippen LogP contribution in [0.15, 0.2) is 46.9 Å². The molecule has 1 saturated heterocycles. The predicted octanol–water partition coefficient (Wildman–Crippen LogP) is 4.10. The van der Waals surface area contributed by atoms with Gasteiger partial charge in [-0.2, -0.15) is 0 Å². The molecule has 0 bridgehead atoms. The molecular formula is C22H25N3O4. The molecule has 0 aliphatic carbocycles. The van der Waals surface area contributed by atoms with Gasteiger partial charge in [-0.05, 0) is 61.9 Å². The van der Waals surface area contributed by atoms with Gasteiger partial charge in [0.05, 0.1) is 27.9 Å². The first-order chi connectivity index (χ1) is 14.2. The molecular weight excluding hydrogens is 370 g/mol. The van der Waals surface area contributed by atoms with Gasteiger partial charge in [-0.25, -0.2) is 0 Å². The van der Waals surface area contributed by atoms with Crippen molar-refractivity contribution in [1.82, 2.24) is 15.1 Å². The highest BCUT2D eigenvalue weighted by Gasteiger charge is 2.30. The second kappa shape index (κ2) is 8.53. The first kappa shape index (κ1) is 19.3. The van der Waals surface area contributed by atoms with Gasteiger partial charge in [-0.15, -0.1) is 10.2 Å². The normalized spacial score (nSPS) is 16.7. The third-order valence-electron chi connectivity index (χ3n) is 5.30. The number of aromatic nitrogens is 2. The van der Waals surface area contributed by atoms with Gasteiger partial charge in [-0.3, -0.25) is 4.90 Å². The summed E-state index contributed by atoms with van der Waals surface area (Å²) in [7, 11) is 5.02. The zero-order valence-electron chi connectivity index (χ0n) is 16.9. The number of hydrogen-bond donors (Lipinski definition) is 0. The second-order valence-corrected chi connectivity index (χ2v) is 6.97. The van der Waals surface area contributed by atoms with Gasteiger partial charge >= 0.3 is 0 Å². The van der Waals surface area contributed by atoms with Gasteiger partial charge < -0.3 is 18.6 Å². The van der Waals surface area contributed by atoms with E-state index in [1.54, 1.807) is 21.3 Å². The largest absolute Gasteiger partial charge is 0.497 e. The van der Waals surface area contributed by atoms with Crippen molar-refractivity contribution in [2.24, 2.45) is 0 Å². The van der Waals surface area contributed by atoms with E-state index in [0.29, 0.717) is 18.3 Å². The average molecular weight is 395 g/mol. The van der Waals surface area contributed by atoms with Crippen molar-refractivity contribution in [3.63, 3.8) is 0 Å². The van der Waals surface area contributed by atoms with Crippen LogP contribution in [0, 0.1) is 0 Å². The van der Waals surface area contributed by atoms with Crippen molar-refractivity contribution in [3.05, 3.63) is 53.9 Å². The zero-order chi connectivity index (χ0) is 20.2. The van der Waals surface area contributed by atoms with Crippen LogP contribution in [0.3, 0.4) is 0 Å². The van der Waals surface area contributed by atoms with Crippen molar-refractivity contribution in [2.45, 2.75) is 25.4 Å². The maximum absolute atomic E-state index is 5.93. The van der Waals surface area contributed by atoms with Gasteiger partial charge in [0.1, 0.15) is 17.2 Å². The lowest BCUT2D eigenvalue weighted by Gasteiger charge is -2.25. The summed E-state index contributed by atoms with van der Waals surface area (Å²) in [6.45, 7) is 1.56. The molecule has 4 rings (SSSR count). The highest BCUT2D eigenvalue weighted by atomic mass is 16.5. The van der Waals surface area contributed by atoms with Crippen molar-refractivity contribution in [1.29, 1.82) is 0 Å². The Bertz CT molecular complexity index is 955. The summed E-state index contributed by atoms with van der Waals surface area (Å²) in [4.78, 5) is 2.35. The molecule has 1 atom stereocenters. The molecule has 2 heterocycles. The molecule has 3 aromatic rings. The van der Waals surface area contributed by atoms with Gasteiger partial charge in [0.15, 0.2) is 0 Å². The molecule has 2 aromatic carbocycles. The van der Waals surface area contributed by atoms with E-state index in [1.165, 1.54) is 0 Å². The number of hydrogen-bond acceptors (Lipinski definition) is 7. The molecule has 1 unspecified atom stereocenters. The van der Waals surface area contributed by atoms with E-state index in [4.69, 9.17) is 18.6 Å². The lowest BCUT2D eigenvalue weighted by molar-refractivity contribution is 0.220. The Hall–Kier alpha value is -3.06. The van der Waals surface area contributed by atoms with Crippen molar-refractivity contribution < 1.29 is 18.6 Å². The lowest BCUT2D eigenvalue weighted by Crippen LogP contribution is -2.23. The first-order valence-electron chi connectivity index (χ1n) is 9.64. The molecule has 7 nitrogen and oxygen atoms in total. The Morgan fingerprint density at radius 2 is 1.72 bits per heavy atom. The maximum atomic E-state index is 5.93. The van der Waals surface area contributed by atoms with E-state index in [0.717, 1.165) is 47.8 Å². The summed E-state index contributed by atoms with van der Waals surface area (Å²) in [6, 6.07) is 13.7. The molecule has 1 aromatic heterocycles. The Kier molecular flexibility index (Phi) is 5.67. The van der Waals surface area contributed by atoms with E-state index in [1.807, 2.05) is 36.4 Å². The number of ether oxygens (including phenoxy) is 3. The number of rotatable bonds is 7. The molecule has 0 amide bonds. The standard InChI is InChI=1S/C22H25N3O4/c1-26-16-8-6-15(7-9-16)22-24-23-21(29-22)14-25-12-4-5-19(25)18-13-17(27-2)10-11-20(18)28-3/h6-11,13,19H,4-5,12,14H2,1-3H3. The van der Waals surface area contributed by atoms with E-state index in [2.05, 4.69) is 21.2 Å². The third kappa shape index (κ3) is 4.05. The zero-order valence-corrected chi connectivity index (χ0v) is 16.9. The molecule has 0 saturated carbocycles. The average Bonchev–Trinajstić information content (AvgIpc) is 3.43. The van der Waals surface area contributed by atoms with E-state index in [-0.39, 0.29) is 6.04 Å². The summed E-state index contributed by atoms with van der Waals surface area (Å²) in [5.41, 5.74) is 2.00. The van der Waals surface area contributed by atoms with Crippen LogP contribution in [0.1, 0.15) is 30.3 Å². The van der Waals surface area contributed by atoms with E-state index >= 15 is 0 Å². The van der Waals surface area contributed by atoms with Crippen LogP contribution in [-0.2, 0) is 6.54 Å². The highest BCUT2D eigenvalue weighted by Crippen LogP contribution is 2.39. The highest BCUT2D eigenvalue weighted by molar-refractivity contribution is 5.54. The van der Waals surface area contributed by atoms with Gasteiger partial charge in [-0.1, -0.05) is 0 Å². The Labute approximate surface area is 170 Å². The summed E-state index contributed by atoms with van der Waals surface area (Å²) in [5, 5.41) is 8.47. The minimum atomic E-state index is 0.219. The van der Waals surface area contributed by atoms with Crippen molar-refractivity contribution in [3.8, 4) is 28.7 Å². The molecule has 29 heavy (non-hydrogen) atoms. The van der Waals surface area contributed by atoms with Gasteiger partial charge in [0, 0.05) is 17.2 Å². The Balaban J connectivity index is 1.53. The molecule has 1 fully saturated rings. The second-order valence-electron chi connectivity index (χ2n) is 6.97. The molecule has 0 spiro atoms. The fourth-order valence-electron chi connectivity index (χ4n) is 3.81. The van der Waals surface area contributed by atoms with Crippen LogP contribution in [0.25, 0.3) is 11.5 Å². The first-order valence-corrected chi connectivity index (χ1v) is 9.64. The summed E-state index contributed by atoms with van der Waals surface area (Å²) >= 11 is 0. The minimum absolute atomic E-state index is 0.219. The summed E-state index contributed by atoms with van der Waals surface area (Å²) in [6.07, 6.45) is 2.15. The molecule has 1 aliphatic rings. The van der Waals surface area contributed by atoms with E-state index in [9.17, 15) is 0 Å². The number of likely N-dealkylation sites (tertiary alicyclic amines) is 1. The fraction of sp³-hybridized carbons (Fsp3) is 0.364. The van der Waals surface area contributed by atoms with Crippen LogP contribution in [0.5, 0.6) is 17.2 Å². The van der Waals surface area contributed by atoms with Crippen LogP contribution in [-0.4, -0.2) is 43.0 Å². The molecule has 0 N–H and O–H groups in total. The predicted molar refractivity (Wildman–Crippen MR) is 108 cm³/mol. The Morgan fingerprint density at radius 1 is 0.966 bits per heavy atom. The summed E-state index contributed by atoms with van der Waals surface area (Å²) < 4.78 is 22.1. The number of methoxy groups -OCH3 is 3. The van der Waals surface area contributed by atoms with Crippen LogP contribution >= 0.6 is 0 Å². The Morgan fingerprint density at radius 3 is 2.45 bits per heavy atom. The molecule has 1 aliphatic heterocycles. The smallest absolute Gasteiger partial charge is 0.247 e.